The van der Waals surface area contributed by atoms with Crippen LogP contribution in [0.3, 0.4) is 0 Å². The first-order valence-electron chi connectivity index (χ1n) is 10.3. The normalized spacial score (nSPS) is 10.7. The second-order valence-electron chi connectivity index (χ2n) is 6.92. The fraction of sp³-hybridized carbons (Fsp3) is 0.900. The van der Waals surface area contributed by atoms with Crippen molar-refractivity contribution < 1.29 is 0 Å². The number of hydrogen-bond donors (Lipinski definition) is 2. The fourth-order valence-electron chi connectivity index (χ4n) is 2.96. The molecule has 0 aliphatic rings. The molecule has 4 heteroatoms. The molecule has 0 atom stereocenters. The maximum Gasteiger partial charge on any atom is 0.133 e. The zero-order chi connectivity index (χ0) is 17.9. The summed E-state index contributed by atoms with van der Waals surface area (Å²) in [6.07, 6.45) is 22.3. The van der Waals surface area contributed by atoms with Crippen molar-refractivity contribution in [1.82, 2.24) is 5.32 Å². The van der Waals surface area contributed by atoms with Crippen molar-refractivity contribution in [3.63, 3.8) is 0 Å². The van der Waals surface area contributed by atoms with Crippen LogP contribution in [0.4, 0.5) is 0 Å². The van der Waals surface area contributed by atoms with Crippen LogP contribution in [0.1, 0.15) is 110 Å². The molecule has 0 rings (SSSR count). The van der Waals surface area contributed by atoms with Crippen LogP contribution in [0.25, 0.3) is 0 Å². The third-order valence-corrected chi connectivity index (χ3v) is 5.24. The van der Waals surface area contributed by atoms with Crippen molar-refractivity contribution in [2.24, 2.45) is 5.73 Å². The predicted octanol–water partition coefficient (Wildman–Crippen LogP) is 6.45. The van der Waals surface area contributed by atoms with Gasteiger partial charge in [0, 0.05) is 6.54 Å². The molecule has 0 aliphatic heterocycles. The lowest BCUT2D eigenvalue weighted by Gasteiger charge is -2.06. The Hall–Kier alpha value is -0.220. The minimum Gasteiger partial charge on any atom is -0.388 e. The molecule has 0 aromatic heterocycles. The highest BCUT2D eigenvalue weighted by Gasteiger charge is 1.98. The highest BCUT2D eigenvalue weighted by molar-refractivity contribution is 7.89. The molecule has 24 heavy (non-hydrogen) atoms. The van der Waals surface area contributed by atoms with Gasteiger partial charge in [-0.15, -0.1) is 0 Å². The van der Waals surface area contributed by atoms with E-state index in [-0.39, 0.29) is 0 Å². The average Bonchev–Trinajstić information content (AvgIpc) is 2.57. The van der Waals surface area contributed by atoms with Crippen LogP contribution in [0.5, 0.6) is 0 Å². The van der Waals surface area contributed by atoms with Gasteiger partial charge >= 0.3 is 0 Å². The number of unbranched alkanes of at least 4 members (excludes halogenated alkanes) is 15. The van der Waals surface area contributed by atoms with E-state index in [4.69, 9.17) is 30.2 Å². The molecule has 0 fully saturated rings. The van der Waals surface area contributed by atoms with E-state index in [0.717, 1.165) is 13.0 Å². The molecule has 0 heterocycles. The zero-order valence-electron chi connectivity index (χ0n) is 15.9. The molecule has 0 aromatic carbocycles. The average molecular weight is 373 g/mol. The SMILES string of the molecule is CCCCCCCCCCCCCCCCCCNC(=S)C(N)=S. The molecular formula is C20H40N2S2. The van der Waals surface area contributed by atoms with Crippen molar-refractivity contribution in [3.05, 3.63) is 0 Å². The lowest BCUT2D eigenvalue weighted by atomic mass is 10.0. The number of nitrogens with two attached hydrogens (primary N) is 1. The first kappa shape index (κ1) is 23.8. The van der Waals surface area contributed by atoms with Gasteiger partial charge in [-0.2, -0.15) is 0 Å². The smallest absolute Gasteiger partial charge is 0.133 e. The van der Waals surface area contributed by atoms with E-state index in [1.54, 1.807) is 0 Å². The van der Waals surface area contributed by atoms with Crippen LogP contribution in [0, 0.1) is 0 Å². The lowest BCUT2D eigenvalue weighted by molar-refractivity contribution is 0.529. The molecule has 0 saturated carbocycles. The third-order valence-electron chi connectivity index (χ3n) is 4.54. The van der Waals surface area contributed by atoms with Gasteiger partial charge in [0.1, 0.15) is 9.98 Å². The first-order chi connectivity index (χ1) is 11.7. The Labute approximate surface area is 161 Å². The van der Waals surface area contributed by atoms with Gasteiger partial charge in [0.2, 0.25) is 0 Å². The summed E-state index contributed by atoms with van der Waals surface area (Å²) in [5.41, 5.74) is 5.44. The molecule has 3 N–H and O–H groups in total. The van der Waals surface area contributed by atoms with Gasteiger partial charge in [0.05, 0.1) is 0 Å². The molecule has 0 bridgehead atoms. The van der Waals surface area contributed by atoms with Crippen LogP contribution in [0.2, 0.25) is 0 Å². The minimum atomic E-state index is 0.307. The Morgan fingerprint density at radius 2 is 0.958 bits per heavy atom. The Kier molecular flexibility index (Phi) is 18.9. The van der Waals surface area contributed by atoms with Crippen molar-refractivity contribution in [1.29, 1.82) is 0 Å². The van der Waals surface area contributed by atoms with Crippen molar-refractivity contribution in [2.45, 2.75) is 110 Å². The Bertz CT molecular complexity index is 306. The number of nitrogens with one attached hydrogen (secondary N) is 1. The maximum atomic E-state index is 5.44. The van der Waals surface area contributed by atoms with E-state index in [9.17, 15) is 0 Å². The predicted molar refractivity (Wildman–Crippen MR) is 117 cm³/mol. The maximum absolute atomic E-state index is 5.44. The van der Waals surface area contributed by atoms with E-state index in [1.165, 1.54) is 96.3 Å². The number of rotatable bonds is 17. The Balaban J connectivity index is 3.05. The monoisotopic (exact) mass is 372 g/mol. The summed E-state index contributed by atoms with van der Waals surface area (Å²) in [6.45, 7) is 3.18. The van der Waals surface area contributed by atoms with E-state index in [1.807, 2.05) is 0 Å². The summed E-state index contributed by atoms with van der Waals surface area (Å²) in [7, 11) is 0. The second-order valence-corrected chi connectivity index (χ2v) is 7.77. The van der Waals surface area contributed by atoms with Gasteiger partial charge < -0.3 is 11.1 Å². The summed E-state index contributed by atoms with van der Waals surface area (Å²) in [6, 6.07) is 0. The summed E-state index contributed by atoms with van der Waals surface area (Å²) in [5, 5.41) is 3.10. The summed E-state index contributed by atoms with van der Waals surface area (Å²) >= 11 is 9.82. The van der Waals surface area contributed by atoms with Gasteiger partial charge in [-0.1, -0.05) is 128 Å². The molecule has 0 spiro atoms. The first-order valence-corrected chi connectivity index (χ1v) is 11.1. The van der Waals surface area contributed by atoms with Gasteiger partial charge in [-0.3, -0.25) is 0 Å². The van der Waals surface area contributed by atoms with Crippen LogP contribution >= 0.6 is 24.4 Å². The molecule has 0 radical (unpaired) electrons. The van der Waals surface area contributed by atoms with Crippen LogP contribution in [0.15, 0.2) is 0 Å². The van der Waals surface area contributed by atoms with Crippen LogP contribution in [-0.4, -0.2) is 16.5 Å². The molecule has 0 saturated heterocycles. The summed E-state index contributed by atoms with van der Waals surface area (Å²) < 4.78 is 0. The van der Waals surface area contributed by atoms with Gasteiger partial charge in [0.25, 0.3) is 0 Å². The molecule has 0 aromatic rings. The second kappa shape index (κ2) is 19.1. The quantitative estimate of drug-likeness (QED) is 0.227. The van der Waals surface area contributed by atoms with Gasteiger partial charge in [0.15, 0.2) is 0 Å². The van der Waals surface area contributed by atoms with Crippen LogP contribution in [-0.2, 0) is 0 Å². The molecule has 0 aliphatic carbocycles. The van der Waals surface area contributed by atoms with E-state index >= 15 is 0 Å². The number of hydrogen-bond acceptors (Lipinski definition) is 2. The van der Waals surface area contributed by atoms with Gasteiger partial charge in [-0.25, -0.2) is 0 Å². The van der Waals surface area contributed by atoms with E-state index in [0.29, 0.717) is 9.98 Å². The minimum absolute atomic E-state index is 0.307. The lowest BCUT2D eigenvalue weighted by Crippen LogP contribution is -2.33. The molecular weight excluding hydrogens is 332 g/mol. The largest absolute Gasteiger partial charge is 0.388 e. The van der Waals surface area contributed by atoms with Crippen molar-refractivity contribution in [2.75, 3.05) is 6.54 Å². The van der Waals surface area contributed by atoms with Gasteiger partial charge in [-0.05, 0) is 6.42 Å². The zero-order valence-corrected chi connectivity index (χ0v) is 17.5. The van der Waals surface area contributed by atoms with Crippen molar-refractivity contribution >= 4 is 34.4 Å². The summed E-state index contributed by atoms with van der Waals surface area (Å²) in [5.74, 6) is 0. The van der Waals surface area contributed by atoms with Crippen LogP contribution < -0.4 is 11.1 Å². The van der Waals surface area contributed by atoms with E-state index < -0.39 is 0 Å². The summed E-state index contributed by atoms with van der Waals surface area (Å²) in [4.78, 5) is 0.840. The van der Waals surface area contributed by atoms with Crippen molar-refractivity contribution in [3.8, 4) is 0 Å². The number of thiocarbonyl (C=S) groups is 2. The molecule has 0 amide bonds. The standard InChI is InChI=1S/C20H40N2S2/c1-2-3-4-5-6-7-8-9-10-11-12-13-14-15-16-17-18-22-20(24)19(21)23/h2-18H2,1H3,(H2,21,23)(H,22,24). The molecule has 142 valence electrons. The van der Waals surface area contributed by atoms with E-state index in [2.05, 4.69) is 12.2 Å². The third kappa shape index (κ3) is 18.1. The molecule has 0 unspecified atom stereocenters. The topological polar surface area (TPSA) is 38.0 Å². The fourth-order valence-corrected chi connectivity index (χ4v) is 3.14. The molecule has 2 nitrogen and oxygen atoms in total. The Morgan fingerprint density at radius 1 is 0.625 bits per heavy atom. The highest BCUT2D eigenvalue weighted by Crippen LogP contribution is 2.13. The Morgan fingerprint density at radius 3 is 1.29 bits per heavy atom. The highest BCUT2D eigenvalue weighted by atomic mass is 32.1.